The van der Waals surface area contributed by atoms with Crippen LogP contribution >= 0.6 is 11.6 Å². The zero-order valence-corrected chi connectivity index (χ0v) is 14.9. The summed E-state index contributed by atoms with van der Waals surface area (Å²) >= 11 is 5.97. The summed E-state index contributed by atoms with van der Waals surface area (Å²) in [7, 11) is 1.78. The molecule has 0 aliphatic carbocycles. The lowest BCUT2D eigenvalue weighted by Crippen LogP contribution is -2.49. The number of carbonyl (C=O) groups is 1. The van der Waals surface area contributed by atoms with E-state index in [1.54, 1.807) is 39.7 Å². The van der Waals surface area contributed by atoms with Crippen molar-refractivity contribution in [2.75, 3.05) is 13.1 Å². The van der Waals surface area contributed by atoms with E-state index < -0.39 is 5.60 Å². The monoisotopic (exact) mass is 351 g/mol. The van der Waals surface area contributed by atoms with E-state index in [1.807, 2.05) is 13.8 Å². The SMILES string of the molecule is CC(C)n1cc(C2(O)CCCN(C(=O)c3cc(Cl)cn3C)C2)nn1. The van der Waals surface area contributed by atoms with Gasteiger partial charge in [-0.1, -0.05) is 16.8 Å². The number of hydrogen-bond acceptors (Lipinski definition) is 4. The molecule has 1 N–H and O–H groups in total. The molecule has 1 amide bonds. The fourth-order valence-corrected chi connectivity index (χ4v) is 3.31. The van der Waals surface area contributed by atoms with Crippen molar-refractivity contribution in [2.45, 2.75) is 38.3 Å². The van der Waals surface area contributed by atoms with Crippen LogP contribution in [0, 0.1) is 0 Å². The Hall–Kier alpha value is -1.86. The molecule has 1 aliphatic rings. The van der Waals surface area contributed by atoms with Crippen molar-refractivity contribution in [1.82, 2.24) is 24.5 Å². The van der Waals surface area contributed by atoms with E-state index >= 15 is 0 Å². The molecule has 0 saturated carbocycles. The summed E-state index contributed by atoms with van der Waals surface area (Å²) in [5.74, 6) is -0.140. The summed E-state index contributed by atoms with van der Waals surface area (Å²) in [5, 5.41) is 19.7. The number of halogens is 1. The van der Waals surface area contributed by atoms with Crippen LogP contribution in [0.3, 0.4) is 0 Å². The third-order valence-corrected chi connectivity index (χ3v) is 4.67. The van der Waals surface area contributed by atoms with Crippen molar-refractivity contribution in [3.63, 3.8) is 0 Å². The van der Waals surface area contributed by atoms with Gasteiger partial charge in [0, 0.05) is 25.8 Å². The Kier molecular flexibility index (Phi) is 4.40. The molecule has 0 spiro atoms. The second-order valence-corrected chi connectivity index (χ2v) is 7.13. The molecule has 0 radical (unpaired) electrons. The Morgan fingerprint density at radius 2 is 2.17 bits per heavy atom. The number of aliphatic hydroxyl groups is 1. The summed E-state index contributed by atoms with van der Waals surface area (Å²) in [6, 6.07) is 1.81. The number of aryl methyl sites for hydroxylation is 1. The molecule has 1 aliphatic heterocycles. The molecular formula is C16H22ClN5O2. The fraction of sp³-hybridized carbons (Fsp3) is 0.562. The van der Waals surface area contributed by atoms with Gasteiger partial charge in [0.1, 0.15) is 17.0 Å². The summed E-state index contributed by atoms with van der Waals surface area (Å²) in [6.07, 6.45) is 4.72. The minimum absolute atomic E-state index is 0.140. The van der Waals surface area contributed by atoms with E-state index in [0.717, 1.165) is 0 Å². The Morgan fingerprint density at radius 1 is 1.42 bits per heavy atom. The second kappa shape index (κ2) is 6.22. The number of β-amino-alcohol motifs (C(OH)–C–C–N with tert-alkyl or cyclic N) is 1. The van der Waals surface area contributed by atoms with Crippen molar-refractivity contribution in [3.05, 3.63) is 34.9 Å². The van der Waals surface area contributed by atoms with Gasteiger partial charge in [-0.3, -0.25) is 4.79 Å². The number of carbonyl (C=O) groups excluding carboxylic acids is 1. The molecular weight excluding hydrogens is 330 g/mol. The van der Waals surface area contributed by atoms with Gasteiger partial charge in [0.15, 0.2) is 0 Å². The number of nitrogens with zero attached hydrogens (tertiary/aromatic N) is 5. The van der Waals surface area contributed by atoms with Crippen LogP contribution in [-0.2, 0) is 12.6 Å². The molecule has 2 aromatic rings. The topological polar surface area (TPSA) is 76.2 Å². The van der Waals surface area contributed by atoms with E-state index in [2.05, 4.69) is 10.3 Å². The molecule has 1 saturated heterocycles. The molecule has 3 heterocycles. The number of likely N-dealkylation sites (tertiary alicyclic amines) is 1. The Morgan fingerprint density at radius 3 is 2.75 bits per heavy atom. The number of aromatic nitrogens is 4. The van der Waals surface area contributed by atoms with E-state index in [1.165, 1.54) is 0 Å². The van der Waals surface area contributed by atoms with Crippen LogP contribution < -0.4 is 0 Å². The molecule has 24 heavy (non-hydrogen) atoms. The third-order valence-electron chi connectivity index (χ3n) is 4.46. The van der Waals surface area contributed by atoms with Crippen molar-refractivity contribution in [2.24, 2.45) is 7.05 Å². The highest BCUT2D eigenvalue weighted by Gasteiger charge is 2.39. The largest absolute Gasteiger partial charge is 0.382 e. The van der Waals surface area contributed by atoms with Crippen molar-refractivity contribution < 1.29 is 9.90 Å². The first kappa shape index (κ1) is 17.0. The maximum absolute atomic E-state index is 12.8. The van der Waals surface area contributed by atoms with Gasteiger partial charge in [-0.25, -0.2) is 4.68 Å². The van der Waals surface area contributed by atoms with E-state index in [9.17, 15) is 9.90 Å². The molecule has 3 rings (SSSR count). The van der Waals surface area contributed by atoms with E-state index in [-0.39, 0.29) is 18.5 Å². The highest BCUT2D eigenvalue weighted by Crippen LogP contribution is 2.31. The van der Waals surface area contributed by atoms with Crippen LogP contribution in [0.15, 0.2) is 18.5 Å². The van der Waals surface area contributed by atoms with Crippen LogP contribution in [0.25, 0.3) is 0 Å². The van der Waals surface area contributed by atoms with Crippen LogP contribution in [-0.4, -0.2) is 48.6 Å². The molecule has 1 unspecified atom stereocenters. The summed E-state index contributed by atoms with van der Waals surface area (Å²) in [5.41, 5.74) is -0.149. The van der Waals surface area contributed by atoms with Gasteiger partial charge in [0.2, 0.25) is 0 Å². The Labute approximate surface area is 145 Å². The van der Waals surface area contributed by atoms with Gasteiger partial charge in [-0.15, -0.1) is 5.10 Å². The standard InChI is InChI=1S/C16H22ClN5O2/c1-11(2)22-9-14(18-19-22)16(24)5-4-6-21(10-16)15(23)13-7-12(17)8-20(13)3/h7-9,11,24H,4-6,10H2,1-3H3. The minimum Gasteiger partial charge on any atom is -0.382 e. The minimum atomic E-state index is -1.17. The number of hydrogen-bond donors (Lipinski definition) is 1. The summed E-state index contributed by atoms with van der Waals surface area (Å²) in [4.78, 5) is 14.4. The molecule has 8 heteroatoms. The average molecular weight is 352 g/mol. The van der Waals surface area contributed by atoms with Gasteiger partial charge in [0.25, 0.3) is 5.91 Å². The first-order valence-corrected chi connectivity index (χ1v) is 8.44. The quantitative estimate of drug-likeness (QED) is 0.917. The molecule has 2 aromatic heterocycles. The normalized spacial score (nSPS) is 21.5. The zero-order valence-electron chi connectivity index (χ0n) is 14.1. The lowest BCUT2D eigenvalue weighted by atomic mass is 9.90. The van der Waals surface area contributed by atoms with Crippen molar-refractivity contribution in [3.8, 4) is 0 Å². The number of rotatable bonds is 3. The van der Waals surface area contributed by atoms with Crippen LogP contribution in [0.1, 0.15) is 48.9 Å². The number of piperidine rings is 1. The zero-order chi connectivity index (χ0) is 17.5. The molecule has 1 fully saturated rings. The maximum atomic E-state index is 12.8. The van der Waals surface area contributed by atoms with Crippen LogP contribution in [0.5, 0.6) is 0 Å². The first-order chi connectivity index (χ1) is 11.3. The summed E-state index contributed by atoms with van der Waals surface area (Å²) in [6.45, 7) is 4.80. The molecule has 130 valence electrons. The van der Waals surface area contributed by atoms with Crippen LogP contribution in [0.2, 0.25) is 5.02 Å². The van der Waals surface area contributed by atoms with Crippen molar-refractivity contribution in [1.29, 1.82) is 0 Å². The smallest absolute Gasteiger partial charge is 0.270 e. The van der Waals surface area contributed by atoms with Gasteiger partial charge in [-0.05, 0) is 32.8 Å². The van der Waals surface area contributed by atoms with Crippen LogP contribution in [0.4, 0.5) is 0 Å². The lowest BCUT2D eigenvalue weighted by Gasteiger charge is -2.38. The van der Waals surface area contributed by atoms with Gasteiger partial charge in [-0.2, -0.15) is 0 Å². The second-order valence-electron chi connectivity index (χ2n) is 6.69. The number of amides is 1. The molecule has 0 bridgehead atoms. The Bertz CT molecular complexity index is 753. The average Bonchev–Trinajstić information content (AvgIpc) is 3.14. The highest BCUT2D eigenvalue weighted by atomic mass is 35.5. The first-order valence-electron chi connectivity index (χ1n) is 8.06. The molecule has 7 nitrogen and oxygen atoms in total. The van der Waals surface area contributed by atoms with Gasteiger partial charge in [0.05, 0.1) is 17.8 Å². The summed E-state index contributed by atoms with van der Waals surface area (Å²) < 4.78 is 3.42. The molecule has 0 aromatic carbocycles. The fourth-order valence-electron chi connectivity index (χ4n) is 3.06. The van der Waals surface area contributed by atoms with E-state index in [0.29, 0.717) is 35.8 Å². The van der Waals surface area contributed by atoms with Crippen molar-refractivity contribution >= 4 is 17.5 Å². The molecule has 1 atom stereocenters. The predicted molar refractivity (Wildman–Crippen MR) is 89.9 cm³/mol. The van der Waals surface area contributed by atoms with Gasteiger partial charge >= 0.3 is 0 Å². The van der Waals surface area contributed by atoms with Gasteiger partial charge < -0.3 is 14.6 Å². The predicted octanol–water partition coefficient (Wildman–Crippen LogP) is 1.97. The third kappa shape index (κ3) is 3.06. The Balaban J connectivity index is 1.82. The maximum Gasteiger partial charge on any atom is 0.270 e. The highest BCUT2D eigenvalue weighted by molar-refractivity contribution is 6.31. The lowest BCUT2D eigenvalue weighted by molar-refractivity contribution is -0.0323. The van der Waals surface area contributed by atoms with E-state index in [4.69, 9.17) is 11.6 Å².